The molecule has 4 aromatic rings. The second-order valence-electron chi connectivity index (χ2n) is 10.9. The molecule has 2 aliphatic rings. The van der Waals surface area contributed by atoms with E-state index in [2.05, 4.69) is 33.5 Å². The summed E-state index contributed by atoms with van der Waals surface area (Å²) in [5.74, 6) is 0.246. The monoisotopic (exact) mass is 803 g/mol. The van der Waals surface area contributed by atoms with Gasteiger partial charge in [-0.1, -0.05) is 0 Å². The van der Waals surface area contributed by atoms with Gasteiger partial charge in [0.2, 0.25) is 0 Å². The lowest BCUT2D eigenvalue weighted by atomic mass is 10.2. The molecule has 2 aliphatic heterocycles. The smallest absolute Gasteiger partial charge is 0.390 e. The Morgan fingerprint density at radius 2 is 1.39 bits per heavy atom. The molecule has 0 saturated carbocycles. The van der Waals surface area contributed by atoms with Gasteiger partial charge in [-0.2, -0.15) is 8.62 Å². The number of nitrogen functional groups attached to an aromatic ring is 2. The summed E-state index contributed by atoms with van der Waals surface area (Å²) >= 11 is 0. The minimum atomic E-state index is -5.85. The van der Waals surface area contributed by atoms with Crippen molar-refractivity contribution in [3.63, 3.8) is 0 Å². The summed E-state index contributed by atoms with van der Waals surface area (Å²) < 4.78 is 85.5. The standard InChI is InChI=1S/C21H29N9O17P4/c22-18-10-1-2-29(20(10)26-7-24-18)16-4-12(14(44-16)6-42-50(37,38)47-51(39,40)46-48(32,33)34)45-49(35,36)41-5-13-11(31)3-15(43-13)30-9-28-17-19(23)25-8-27-21(17)30/h1-2,7-9,11-16,31H,3-6H2,(H,35,36)(H,37,38)(H,39,40)(H2,22,24,26)(H2,23,25,27)(H2,32,33,34)/t11-,12-,13-,14-,15-,16-/m1/s1. The largest absolute Gasteiger partial charge is 0.490 e. The minimum Gasteiger partial charge on any atom is -0.390 e. The van der Waals surface area contributed by atoms with Crippen molar-refractivity contribution in [3.05, 3.63) is 31.2 Å². The zero-order chi connectivity index (χ0) is 36.9. The summed E-state index contributed by atoms with van der Waals surface area (Å²) in [5.41, 5.74) is 12.6. The van der Waals surface area contributed by atoms with Crippen LogP contribution < -0.4 is 11.5 Å². The second kappa shape index (κ2) is 14.2. The summed E-state index contributed by atoms with van der Waals surface area (Å²) in [6.45, 7) is -1.68. The van der Waals surface area contributed by atoms with Gasteiger partial charge in [-0.05, 0) is 6.07 Å². The number of phosphoric ester groups is 2. The first-order valence-electron chi connectivity index (χ1n) is 14.2. The van der Waals surface area contributed by atoms with Crippen molar-refractivity contribution in [2.45, 2.75) is 49.7 Å². The summed E-state index contributed by atoms with van der Waals surface area (Å²) in [5, 5.41) is 11.0. The summed E-state index contributed by atoms with van der Waals surface area (Å²) in [6.07, 6.45) is -2.15. The van der Waals surface area contributed by atoms with Gasteiger partial charge >= 0.3 is 31.3 Å². The Balaban J connectivity index is 1.14. The normalized spacial score (nSPS) is 27.8. The Morgan fingerprint density at radius 3 is 2.12 bits per heavy atom. The highest BCUT2D eigenvalue weighted by molar-refractivity contribution is 7.66. The third-order valence-corrected chi connectivity index (χ3v) is 12.2. The Morgan fingerprint density at radius 1 is 0.765 bits per heavy atom. The molecule has 0 radical (unpaired) electrons. The molecule has 10 N–H and O–H groups in total. The van der Waals surface area contributed by atoms with Crippen LogP contribution in [0.15, 0.2) is 31.2 Å². The third kappa shape index (κ3) is 8.87. The number of hydrogen-bond acceptors (Lipinski definition) is 19. The molecule has 280 valence electrons. The number of aliphatic hydroxyl groups is 1. The molecule has 51 heavy (non-hydrogen) atoms. The molecule has 3 unspecified atom stereocenters. The van der Waals surface area contributed by atoms with Crippen LogP contribution in [-0.4, -0.2) is 101 Å². The summed E-state index contributed by atoms with van der Waals surface area (Å²) in [6, 6.07) is 1.55. The highest BCUT2D eigenvalue weighted by Crippen LogP contribution is 2.66. The molecule has 6 heterocycles. The van der Waals surface area contributed by atoms with E-state index >= 15 is 0 Å². The molecular formula is C21H29N9O17P4. The van der Waals surface area contributed by atoms with Gasteiger partial charge in [0.25, 0.3) is 0 Å². The lowest BCUT2D eigenvalue weighted by molar-refractivity contribution is -0.0548. The highest BCUT2D eigenvalue weighted by atomic mass is 31.3. The molecule has 0 bridgehead atoms. The topological polar surface area (TPSA) is 381 Å². The molecule has 0 aromatic carbocycles. The average Bonchev–Trinajstić information content (AvgIpc) is 3.79. The quantitative estimate of drug-likeness (QED) is 0.0790. The lowest BCUT2D eigenvalue weighted by Gasteiger charge is -2.23. The van der Waals surface area contributed by atoms with Crippen LogP contribution in [0.3, 0.4) is 0 Å². The van der Waals surface area contributed by atoms with Gasteiger partial charge in [0.1, 0.15) is 60.4 Å². The van der Waals surface area contributed by atoms with Crippen LogP contribution in [0.25, 0.3) is 22.2 Å². The zero-order valence-corrected chi connectivity index (χ0v) is 29.0. The molecule has 30 heteroatoms. The number of fused-ring (bicyclic) bond motifs is 2. The van der Waals surface area contributed by atoms with Crippen molar-refractivity contribution in [3.8, 4) is 0 Å². The Labute approximate surface area is 284 Å². The van der Waals surface area contributed by atoms with E-state index < -0.39 is 81.4 Å². The van der Waals surface area contributed by atoms with Crippen LogP contribution >= 0.6 is 31.3 Å². The molecule has 0 aliphatic carbocycles. The van der Waals surface area contributed by atoms with E-state index in [0.29, 0.717) is 16.6 Å². The first-order chi connectivity index (χ1) is 23.8. The van der Waals surface area contributed by atoms with Gasteiger partial charge in [-0.25, -0.2) is 43.2 Å². The van der Waals surface area contributed by atoms with E-state index in [-0.39, 0.29) is 30.1 Å². The second-order valence-corrected chi connectivity index (χ2v) is 16.7. The van der Waals surface area contributed by atoms with E-state index in [0.717, 1.165) is 0 Å². The van der Waals surface area contributed by atoms with E-state index in [1.807, 2.05) is 0 Å². The van der Waals surface area contributed by atoms with Gasteiger partial charge in [0.05, 0.1) is 31.0 Å². The van der Waals surface area contributed by atoms with E-state index in [9.17, 15) is 38.0 Å². The first kappa shape index (κ1) is 37.9. The fourth-order valence-corrected chi connectivity index (χ4v) is 9.30. The average molecular weight is 803 g/mol. The van der Waals surface area contributed by atoms with E-state index in [1.165, 1.54) is 34.3 Å². The number of rotatable bonds is 14. The molecule has 9 atom stereocenters. The lowest BCUT2D eigenvalue weighted by Crippen LogP contribution is -2.30. The Kier molecular flexibility index (Phi) is 10.6. The molecule has 0 amide bonds. The van der Waals surface area contributed by atoms with Crippen LogP contribution in [0.5, 0.6) is 0 Å². The van der Waals surface area contributed by atoms with Gasteiger partial charge in [-0.3, -0.25) is 18.1 Å². The highest BCUT2D eigenvalue weighted by Gasteiger charge is 2.46. The van der Waals surface area contributed by atoms with Crippen LogP contribution in [0.4, 0.5) is 11.6 Å². The van der Waals surface area contributed by atoms with Crippen molar-refractivity contribution >= 4 is 65.1 Å². The summed E-state index contributed by atoms with van der Waals surface area (Å²) in [7, 11) is -22.2. The van der Waals surface area contributed by atoms with Crippen molar-refractivity contribution in [2.24, 2.45) is 0 Å². The Hall–Kier alpha value is -2.83. The van der Waals surface area contributed by atoms with Crippen LogP contribution in [0.2, 0.25) is 0 Å². The maximum Gasteiger partial charge on any atom is 0.490 e. The number of hydrogen-bond donors (Lipinski definition) is 8. The van der Waals surface area contributed by atoms with Gasteiger partial charge < -0.3 is 55.1 Å². The summed E-state index contributed by atoms with van der Waals surface area (Å²) in [4.78, 5) is 67.8. The van der Waals surface area contributed by atoms with Crippen LogP contribution in [0.1, 0.15) is 25.3 Å². The molecule has 6 rings (SSSR count). The van der Waals surface area contributed by atoms with Gasteiger partial charge in [-0.15, -0.1) is 0 Å². The number of aromatic nitrogens is 7. The van der Waals surface area contributed by atoms with E-state index in [1.54, 1.807) is 6.07 Å². The Bertz CT molecular complexity index is 2110. The molecule has 4 aromatic heterocycles. The number of nitrogens with two attached hydrogens (primary N) is 2. The van der Waals surface area contributed by atoms with Crippen molar-refractivity contribution in [2.75, 3.05) is 24.7 Å². The molecule has 2 fully saturated rings. The van der Waals surface area contributed by atoms with Crippen molar-refractivity contribution in [1.82, 2.24) is 34.1 Å². The fourth-order valence-electron chi connectivity index (χ4n) is 5.31. The maximum atomic E-state index is 13.2. The van der Waals surface area contributed by atoms with Crippen LogP contribution in [0, 0.1) is 0 Å². The number of ether oxygens (including phenoxy) is 2. The molecular weight excluding hydrogens is 774 g/mol. The predicted octanol–water partition coefficient (Wildman–Crippen LogP) is 0.217. The zero-order valence-electron chi connectivity index (χ0n) is 25.4. The molecule has 26 nitrogen and oxygen atoms in total. The van der Waals surface area contributed by atoms with E-state index in [4.69, 9.17) is 44.3 Å². The number of aliphatic hydroxyl groups excluding tert-OH is 1. The number of imidazole rings is 1. The predicted molar refractivity (Wildman–Crippen MR) is 165 cm³/mol. The third-order valence-electron chi connectivity index (χ3n) is 7.42. The van der Waals surface area contributed by atoms with Gasteiger partial charge in [0, 0.05) is 19.0 Å². The molecule has 2 saturated heterocycles. The minimum absolute atomic E-state index is 0.0136. The SMILES string of the molecule is Nc1ncnc2c1ccn2[C@H]1C[C@@H](OP(=O)(O)OC[C@H]2O[C@@H](n3cnc4c(N)ncnc43)C[C@H]2O)[C@@H](COP(=O)(O)OP(=O)(O)OP(=O)(O)O)O1. The number of anilines is 2. The number of nitrogens with zero attached hydrogens (tertiary/aromatic N) is 7. The number of phosphoric acid groups is 4. The molecule has 0 spiro atoms. The van der Waals surface area contributed by atoms with Crippen LogP contribution in [-0.2, 0) is 49.9 Å². The maximum absolute atomic E-state index is 13.2. The first-order valence-corrected chi connectivity index (χ1v) is 20.2. The van der Waals surface area contributed by atoms with Gasteiger partial charge in [0.15, 0.2) is 11.5 Å². The van der Waals surface area contributed by atoms with Crippen molar-refractivity contribution < 1.29 is 79.5 Å². The fraction of sp³-hybridized carbons (Fsp3) is 0.476. The van der Waals surface area contributed by atoms with Crippen molar-refractivity contribution in [1.29, 1.82) is 0 Å².